The van der Waals surface area contributed by atoms with E-state index in [4.69, 9.17) is 26.1 Å². The molecule has 2 atom stereocenters. The fourth-order valence-electron chi connectivity index (χ4n) is 3.10. The molecule has 0 bridgehead atoms. The van der Waals surface area contributed by atoms with E-state index in [1.54, 1.807) is 12.1 Å². The summed E-state index contributed by atoms with van der Waals surface area (Å²) in [4.78, 5) is 38.1. The van der Waals surface area contributed by atoms with Crippen molar-refractivity contribution in [2.24, 2.45) is 0 Å². The summed E-state index contributed by atoms with van der Waals surface area (Å²) in [5, 5.41) is 5.33. The maximum Gasteiger partial charge on any atom is 0.308 e. The minimum atomic E-state index is -0.845. The molecule has 1 aromatic heterocycles. The summed E-state index contributed by atoms with van der Waals surface area (Å²) >= 11 is 5.28. The summed E-state index contributed by atoms with van der Waals surface area (Å²) in [5.41, 5.74) is 0. The van der Waals surface area contributed by atoms with Gasteiger partial charge in [-0.2, -0.15) is 0 Å². The SMILES string of the molecule is O=C(C=Cc1ccco1)NC(=S)N1CCNC(=O)C1CC(=O)OCC1CCCO1. The maximum atomic E-state index is 12.3. The van der Waals surface area contributed by atoms with Crippen molar-refractivity contribution in [3.63, 3.8) is 0 Å². The topological polar surface area (TPSA) is 110 Å². The van der Waals surface area contributed by atoms with Gasteiger partial charge in [-0.1, -0.05) is 0 Å². The molecule has 10 heteroatoms. The highest BCUT2D eigenvalue weighted by Gasteiger charge is 2.34. The van der Waals surface area contributed by atoms with Gasteiger partial charge in [0.2, 0.25) is 11.8 Å². The molecule has 0 spiro atoms. The Morgan fingerprint density at radius 1 is 1.45 bits per heavy atom. The molecule has 3 heterocycles. The summed E-state index contributed by atoms with van der Waals surface area (Å²) in [6.45, 7) is 1.57. The minimum absolute atomic E-state index is 0.0749. The lowest BCUT2D eigenvalue weighted by atomic mass is 10.1. The van der Waals surface area contributed by atoms with E-state index in [1.165, 1.54) is 23.3 Å². The van der Waals surface area contributed by atoms with E-state index in [0.29, 0.717) is 25.5 Å². The predicted molar refractivity (Wildman–Crippen MR) is 107 cm³/mol. The molecule has 0 aliphatic carbocycles. The van der Waals surface area contributed by atoms with Gasteiger partial charge < -0.3 is 24.1 Å². The molecule has 3 rings (SSSR count). The number of piperazine rings is 1. The molecule has 156 valence electrons. The number of furan rings is 1. The van der Waals surface area contributed by atoms with Crippen molar-refractivity contribution in [1.29, 1.82) is 0 Å². The first-order valence-electron chi connectivity index (χ1n) is 9.41. The zero-order valence-corrected chi connectivity index (χ0v) is 16.6. The Kier molecular flexibility index (Phi) is 7.36. The summed E-state index contributed by atoms with van der Waals surface area (Å²) in [5.74, 6) is -0.792. The van der Waals surface area contributed by atoms with E-state index in [9.17, 15) is 14.4 Å². The van der Waals surface area contributed by atoms with Gasteiger partial charge in [0.15, 0.2) is 5.11 Å². The average molecular weight is 421 g/mol. The number of hydrogen-bond acceptors (Lipinski definition) is 7. The molecule has 9 nitrogen and oxygen atoms in total. The van der Waals surface area contributed by atoms with Crippen LogP contribution in [0, 0.1) is 0 Å². The number of ether oxygens (including phenoxy) is 2. The van der Waals surface area contributed by atoms with Gasteiger partial charge in [0.05, 0.1) is 18.8 Å². The molecule has 2 unspecified atom stereocenters. The first kappa shape index (κ1) is 21.0. The largest absolute Gasteiger partial charge is 0.465 e. The van der Waals surface area contributed by atoms with E-state index in [1.807, 2.05) is 0 Å². The van der Waals surface area contributed by atoms with E-state index in [0.717, 1.165) is 12.8 Å². The highest BCUT2D eigenvalue weighted by atomic mass is 32.1. The molecular weight excluding hydrogens is 398 g/mol. The summed E-state index contributed by atoms with van der Waals surface area (Å²) in [7, 11) is 0. The van der Waals surface area contributed by atoms with Gasteiger partial charge in [0, 0.05) is 25.8 Å². The molecule has 2 aliphatic heterocycles. The van der Waals surface area contributed by atoms with Crippen molar-refractivity contribution in [1.82, 2.24) is 15.5 Å². The van der Waals surface area contributed by atoms with Crippen LogP contribution in [-0.4, -0.2) is 66.2 Å². The van der Waals surface area contributed by atoms with E-state index < -0.39 is 17.9 Å². The fraction of sp³-hybridized carbons (Fsp3) is 0.474. The van der Waals surface area contributed by atoms with Gasteiger partial charge in [-0.3, -0.25) is 19.7 Å². The number of esters is 1. The summed E-state index contributed by atoms with van der Waals surface area (Å²) in [6, 6.07) is 2.56. The second kappa shape index (κ2) is 10.2. The maximum absolute atomic E-state index is 12.3. The Hall–Kier alpha value is -2.72. The first-order valence-corrected chi connectivity index (χ1v) is 9.82. The van der Waals surface area contributed by atoms with Gasteiger partial charge >= 0.3 is 5.97 Å². The smallest absolute Gasteiger partial charge is 0.308 e. The van der Waals surface area contributed by atoms with E-state index in [2.05, 4.69) is 10.6 Å². The lowest BCUT2D eigenvalue weighted by molar-refractivity contribution is -0.150. The number of nitrogens with one attached hydrogen (secondary N) is 2. The van der Waals surface area contributed by atoms with Crippen molar-refractivity contribution in [2.45, 2.75) is 31.4 Å². The van der Waals surface area contributed by atoms with Crippen molar-refractivity contribution < 1.29 is 28.3 Å². The minimum Gasteiger partial charge on any atom is -0.465 e. The van der Waals surface area contributed by atoms with Crippen LogP contribution in [0.15, 0.2) is 28.9 Å². The number of hydrogen-bond donors (Lipinski definition) is 2. The highest BCUT2D eigenvalue weighted by Crippen LogP contribution is 2.14. The zero-order valence-electron chi connectivity index (χ0n) is 15.8. The molecule has 0 saturated carbocycles. The molecule has 2 saturated heterocycles. The Bertz CT molecular complexity index is 773. The Balaban J connectivity index is 1.53. The number of carbonyl (C=O) groups is 3. The third-order valence-electron chi connectivity index (χ3n) is 4.58. The number of carbonyl (C=O) groups excluding carboxylic acids is 3. The van der Waals surface area contributed by atoms with E-state index >= 15 is 0 Å². The van der Waals surface area contributed by atoms with Crippen LogP contribution in [0.5, 0.6) is 0 Å². The highest BCUT2D eigenvalue weighted by molar-refractivity contribution is 7.80. The fourth-order valence-corrected chi connectivity index (χ4v) is 3.42. The van der Waals surface area contributed by atoms with Crippen molar-refractivity contribution >= 4 is 41.2 Å². The van der Waals surface area contributed by atoms with Crippen LogP contribution in [0.3, 0.4) is 0 Å². The molecule has 1 aromatic rings. The van der Waals surface area contributed by atoms with Crippen molar-refractivity contribution in [2.75, 3.05) is 26.3 Å². The van der Waals surface area contributed by atoms with Crippen LogP contribution in [0.4, 0.5) is 0 Å². The van der Waals surface area contributed by atoms with Crippen LogP contribution in [0.1, 0.15) is 25.0 Å². The van der Waals surface area contributed by atoms with Crippen molar-refractivity contribution in [3.8, 4) is 0 Å². The van der Waals surface area contributed by atoms with E-state index in [-0.39, 0.29) is 30.2 Å². The zero-order chi connectivity index (χ0) is 20.6. The Morgan fingerprint density at radius 3 is 3.03 bits per heavy atom. The number of nitrogens with zero attached hydrogens (tertiary/aromatic N) is 1. The first-order chi connectivity index (χ1) is 14.0. The average Bonchev–Trinajstić information content (AvgIpc) is 3.40. The van der Waals surface area contributed by atoms with Gasteiger partial charge in [-0.05, 0) is 43.3 Å². The van der Waals surface area contributed by atoms with Gasteiger partial charge in [-0.15, -0.1) is 0 Å². The summed E-state index contributed by atoms with van der Waals surface area (Å²) in [6.07, 6.45) is 5.82. The quantitative estimate of drug-likeness (QED) is 0.391. The third-order valence-corrected chi connectivity index (χ3v) is 4.91. The lowest BCUT2D eigenvalue weighted by Crippen LogP contribution is -2.60. The molecule has 29 heavy (non-hydrogen) atoms. The Labute approximate surface area is 173 Å². The standard InChI is InChI=1S/C19H23N3O6S/c23-16(6-5-13-3-1-9-26-13)21-19(29)22-8-7-20-18(25)15(22)11-17(24)28-12-14-4-2-10-27-14/h1,3,5-6,9,14-15H,2,4,7-8,10-12H2,(H,20,25)(H,21,23,29). The van der Waals surface area contributed by atoms with Crippen LogP contribution in [0.25, 0.3) is 6.08 Å². The van der Waals surface area contributed by atoms with Crippen molar-refractivity contribution in [3.05, 3.63) is 30.2 Å². The molecular formula is C19H23N3O6S. The molecule has 2 N–H and O–H groups in total. The monoisotopic (exact) mass is 421 g/mol. The third kappa shape index (κ3) is 6.13. The molecule has 2 aliphatic rings. The number of thiocarbonyl (C=S) groups is 1. The second-order valence-electron chi connectivity index (χ2n) is 6.67. The van der Waals surface area contributed by atoms with Gasteiger partial charge in [-0.25, -0.2) is 0 Å². The molecule has 2 fully saturated rings. The van der Waals surface area contributed by atoms with Gasteiger partial charge in [0.1, 0.15) is 18.4 Å². The Morgan fingerprint density at radius 2 is 2.31 bits per heavy atom. The molecule has 0 aromatic carbocycles. The number of rotatable bonds is 6. The normalized spacial score (nSPS) is 21.8. The second-order valence-corrected chi connectivity index (χ2v) is 7.05. The molecule has 0 radical (unpaired) electrons. The van der Waals surface area contributed by atoms with Crippen LogP contribution >= 0.6 is 12.2 Å². The lowest BCUT2D eigenvalue weighted by Gasteiger charge is -2.36. The molecule has 2 amide bonds. The van der Waals surface area contributed by atoms with Crippen LogP contribution in [-0.2, 0) is 23.9 Å². The van der Waals surface area contributed by atoms with Crippen LogP contribution < -0.4 is 10.6 Å². The van der Waals surface area contributed by atoms with Crippen LogP contribution in [0.2, 0.25) is 0 Å². The number of amides is 2. The summed E-state index contributed by atoms with van der Waals surface area (Å²) < 4.78 is 15.8. The predicted octanol–water partition coefficient (Wildman–Crippen LogP) is 0.607. The van der Waals surface area contributed by atoms with Gasteiger partial charge in [0.25, 0.3) is 0 Å².